The third-order valence-electron chi connectivity index (χ3n) is 3.82. The van der Waals surface area contributed by atoms with Crippen molar-refractivity contribution in [3.63, 3.8) is 0 Å². The average Bonchev–Trinajstić information content (AvgIpc) is 2.44. The van der Waals surface area contributed by atoms with Gasteiger partial charge in [-0.15, -0.1) is 0 Å². The minimum atomic E-state index is 0.556. The van der Waals surface area contributed by atoms with Gasteiger partial charge in [0, 0.05) is 6.42 Å². The van der Waals surface area contributed by atoms with Crippen LogP contribution in [-0.2, 0) is 0 Å². The molecule has 0 amide bonds. The molecule has 1 heteroatoms. The SMILES string of the molecule is C[C@@]12CCC(C[C@H]1CC#N)C2. The fourth-order valence-electron chi connectivity index (χ4n) is 3.10. The third-order valence-corrected chi connectivity index (χ3v) is 3.82. The summed E-state index contributed by atoms with van der Waals surface area (Å²) in [6.45, 7) is 2.38. The van der Waals surface area contributed by atoms with E-state index in [1.165, 1.54) is 25.7 Å². The Labute approximate surface area is 68.4 Å². The van der Waals surface area contributed by atoms with Crippen LogP contribution < -0.4 is 0 Å². The van der Waals surface area contributed by atoms with Gasteiger partial charge >= 0.3 is 0 Å². The van der Waals surface area contributed by atoms with E-state index in [4.69, 9.17) is 5.26 Å². The Balaban J connectivity index is 2.10. The van der Waals surface area contributed by atoms with E-state index in [9.17, 15) is 0 Å². The Kier molecular flexibility index (Phi) is 1.45. The van der Waals surface area contributed by atoms with E-state index >= 15 is 0 Å². The Bertz CT molecular complexity index is 203. The lowest BCUT2D eigenvalue weighted by atomic mass is 9.75. The minimum absolute atomic E-state index is 0.556. The summed E-state index contributed by atoms with van der Waals surface area (Å²) in [5, 5.41) is 8.62. The average molecular weight is 149 g/mol. The lowest BCUT2D eigenvalue weighted by Crippen LogP contribution is -2.20. The highest BCUT2D eigenvalue weighted by atomic mass is 14.5. The summed E-state index contributed by atoms with van der Waals surface area (Å²) in [7, 11) is 0. The second-order valence-corrected chi connectivity index (χ2v) is 4.56. The first-order valence-corrected chi connectivity index (χ1v) is 4.61. The quantitative estimate of drug-likeness (QED) is 0.562. The predicted molar refractivity (Wildman–Crippen MR) is 43.8 cm³/mol. The molecule has 0 heterocycles. The number of nitriles is 1. The van der Waals surface area contributed by atoms with E-state index in [1.807, 2.05) is 0 Å². The van der Waals surface area contributed by atoms with Gasteiger partial charge in [0.25, 0.3) is 0 Å². The molecule has 2 aliphatic rings. The van der Waals surface area contributed by atoms with Crippen LogP contribution in [0.25, 0.3) is 0 Å². The molecular weight excluding hydrogens is 134 g/mol. The van der Waals surface area contributed by atoms with Gasteiger partial charge in [-0.1, -0.05) is 6.92 Å². The van der Waals surface area contributed by atoms with Crippen LogP contribution >= 0.6 is 0 Å². The Morgan fingerprint density at radius 3 is 2.91 bits per heavy atom. The molecule has 3 atom stereocenters. The molecule has 0 aromatic heterocycles. The van der Waals surface area contributed by atoms with Gasteiger partial charge < -0.3 is 0 Å². The molecule has 0 aromatic rings. The molecule has 0 aliphatic heterocycles. The molecule has 11 heavy (non-hydrogen) atoms. The van der Waals surface area contributed by atoms with Gasteiger partial charge in [0.1, 0.15) is 0 Å². The van der Waals surface area contributed by atoms with Crippen molar-refractivity contribution in [2.45, 2.75) is 39.0 Å². The molecule has 2 aliphatic carbocycles. The molecule has 60 valence electrons. The maximum absolute atomic E-state index is 8.62. The zero-order chi connectivity index (χ0) is 7.90. The van der Waals surface area contributed by atoms with Crippen molar-refractivity contribution in [1.82, 2.24) is 0 Å². The smallest absolute Gasteiger partial charge is 0.0624 e. The van der Waals surface area contributed by atoms with Crippen LogP contribution in [0, 0.1) is 28.6 Å². The van der Waals surface area contributed by atoms with Crippen molar-refractivity contribution in [2.24, 2.45) is 17.3 Å². The molecule has 0 spiro atoms. The molecule has 2 rings (SSSR count). The highest BCUT2D eigenvalue weighted by molar-refractivity contribution is 5.01. The van der Waals surface area contributed by atoms with Gasteiger partial charge in [-0.3, -0.25) is 0 Å². The van der Waals surface area contributed by atoms with Gasteiger partial charge in [0.2, 0.25) is 0 Å². The molecule has 0 radical (unpaired) electrons. The second-order valence-electron chi connectivity index (χ2n) is 4.56. The summed E-state index contributed by atoms with van der Waals surface area (Å²) < 4.78 is 0. The summed E-state index contributed by atoms with van der Waals surface area (Å²) in [6.07, 6.45) is 6.35. The van der Waals surface area contributed by atoms with Crippen LogP contribution in [0.3, 0.4) is 0 Å². The highest BCUT2D eigenvalue weighted by Gasteiger charge is 2.48. The van der Waals surface area contributed by atoms with Crippen LogP contribution in [0.15, 0.2) is 0 Å². The lowest BCUT2D eigenvalue weighted by Gasteiger charge is -2.29. The molecular formula is C10H15N. The van der Waals surface area contributed by atoms with Crippen LogP contribution in [0.4, 0.5) is 0 Å². The van der Waals surface area contributed by atoms with Crippen molar-refractivity contribution >= 4 is 0 Å². The zero-order valence-electron chi connectivity index (χ0n) is 7.14. The maximum atomic E-state index is 8.62. The molecule has 0 N–H and O–H groups in total. The van der Waals surface area contributed by atoms with Gasteiger partial charge in [0.15, 0.2) is 0 Å². The summed E-state index contributed by atoms with van der Waals surface area (Å²) in [5.41, 5.74) is 0.556. The summed E-state index contributed by atoms with van der Waals surface area (Å²) in [6, 6.07) is 2.32. The summed E-state index contributed by atoms with van der Waals surface area (Å²) in [5.74, 6) is 1.70. The van der Waals surface area contributed by atoms with Crippen molar-refractivity contribution in [3.05, 3.63) is 0 Å². The van der Waals surface area contributed by atoms with E-state index in [-0.39, 0.29) is 0 Å². The number of nitrogens with zero attached hydrogens (tertiary/aromatic N) is 1. The topological polar surface area (TPSA) is 23.8 Å². The first kappa shape index (κ1) is 7.16. The number of fused-ring (bicyclic) bond motifs is 2. The number of rotatable bonds is 1. The molecule has 2 fully saturated rings. The molecule has 1 nitrogen and oxygen atoms in total. The number of hydrogen-bond donors (Lipinski definition) is 0. The fraction of sp³-hybridized carbons (Fsp3) is 0.900. The molecule has 0 aromatic carbocycles. The number of hydrogen-bond acceptors (Lipinski definition) is 1. The van der Waals surface area contributed by atoms with E-state index in [2.05, 4.69) is 13.0 Å². The second kappa shape index (κ2) is 2.24. The molecule has 0 saturated heterocycles. The molecule has 2 bridgehead atoms. The van der Waals surface area contributed by atoms with Gasteiger partial charge in [-0.05, 0) is 42.9 Å². The third kappa shape index (κ3) is 0.965. The molecule has 1 unspecified atom stereocenters. The minimum Gasteiger partial charge on any atom is -0.198 e. The lowest BCUT2D eigenvalue weighted by molar-refractivity contribution is 0.214. The normalized spacial score (nSPS) is 47.6. The Hall–Kier alpha value is -0.510. The van der Waals surface area contributed by atoms with Crippen LogP contribution in [0.2, 0.25) is 0 Å². The van der Waals surface area contributed by atoms with E-state index in [1.54, 1.807) is 0 Å². The van der Waals surface area contributed by atoms with Gasteiger partial charge in [-0.25, -0.2) is 0 Å². The Morgan fingerprint density at radius 2 is 2.45 bits per heavy atom. The van der Waals surface area contributed by atoms with Crippen molar-refractivity contribution < 1.29 is 0 Å². The van der Waals surface area contributed by atoms with Crippen molar-refractivity contribution in [3.8, 4) is 6.07 Å². The van der Waals surface area contributed by atoms with Gasteiger partial charge in [0.05, 0.1) is 6.07 Å². The first-order valence-electron chi connectivity index (χ1n) is 4.61. The monoisotopic (exact) mass is 149 g/mol. The zero-order valence-corrected chi connectivity index (χ0v) is 7.14. The summed E-state index contributed by atoms with van der Waals surface area (Å²) in [4.78, 5) is 0. The Morgan fingerprint density at radius 1 is 1.64 bits per heavy atom. The van der Waals surface area contributed by atoms with E-state index in [0.29, 0.717) is 5.41 Å². The van der Waals surface area contributed by atoms with E-state index < -0.39 is 0 Å². The van der Waals surface area contributed by atoms with Gasteiger partial charge in [-0.2, -0.15) is 5.26 Å². The van der Waals surface area contributed by atoms with Crippen LogP contribution in [0.5, 0.6) is 0 Å². The van der Waals surface area contributed by atoms with E-state index in [0.717, 1.165) is 18.3 Å². The van der Waals surface area contributed by atoms with Crippen molar-refractivity contribution in [2.75, 3.05) is 0 Å². The fourth-order valence-corrected chi connectivity index (χ4v) is 3.10. The maximum Gasteiger partial charge on any atom is 0.0624 e. The molecule has 2 saturated carbocycles. The summed E-state index contributed by atoms with van der Waals surface area (Å²) >= 11 is 0. The van der Waals surface area contributed by atoms with Crippen LogP contribution in [0.1, 0.15) is 39.0 Å². The largest absolute Gasteiger partial charge is 0.198 e. The predicted octanol–water partition coefficient (Wildman–Crippen LogP) is 2.73. The van der Waals surface area contributed by atoms with Crippen LogP contribution in [-0.4, -0.2) is 0 Å². The first-order chi connectivity index (χ1) is 5.24. The standard InChI is InChI=1S/C10H15N/c1-10-4-2-8(7-10)6-9(10)3-5-11/h8-9H,2-4,6-7H2,1H3/t8?,9-,10+/m1/s1. The highest BCUT2D eigenvalue weighted by Crippen LogP contribution is 2.58. The van der Waals surface area contributed by atoms with Crippen molar-refractivity contribution in [1.29, 1.82) is 5.26 Å².